The van der Waals surface area contributed by atoms with Crippen molar-refractivity contribution in [2.24, 2.45) is 29.0 Å². The highest BCUT2D eigenvalue weighted by molar-refractivity contribution is 5.95. The number of hydrogen-bond donors (Lipinski definition) is 9. The average Bonchev–Trinajstić information content (AvgIpc) is 2.71. The maximum absolute atomic E-state index is 13.0. The van der Waals surface area contributed by atoms with Crippen LogP contribution in [0.15, 0.2) is 0 Å². The van der Waals surface area contributed by atoms with E-state index in [-0.39, 0.29) is 31.3 Å². The molecule has 0 aliphatic rings. The van der Waals surface area contributed by atoms with Gasteiger partial charge in [-0.3, -0.25) is 24.6 Å². The van der Waals surface area contributed by atoms with Gasteiger partial charge in [-0.25, -0.2) is 4.79 Å². The Morgan fingerprint density at radius 2 is 1.43 bits per heavy atom. The molecular weight excluding hydrogens is 460 g/mol. The Bertz CT molecular complexity index is 773. The minimum absolute atomic E-state index is 0.0252. The van der Waals surface area contributed by atoms with Gasteiger partial charge in [0.1, 0.15) is 18.1 Å². The molecule has 0 heterocycles. The molecular formula is C21H40N8O6. The Hall–Kier alpha value is -3.42. The van der Waals surface area contributed by atoms with Crippen molar-refractivity contribution >= 4 is 35.6 Å². The van der Waals surface area contributed by atoms with E-state index in [9.17, 15) is 29.1 Å². The van der Waals surface area contributed by atoms with Crippen LogP contribution >= 0.6 is 0 Å². The van der Waals surface area contributed by atoms with Crippen LogP contribution in [0.5, 0.6) is 0 Å². The summed E-state index contributed by atoms with van der Waals surface area (Å²) in [6.45, 7) is 7.16. The Morgan fingerprint density at radius 3 is 1.89 bits per heavy atom. The maximum Gasteiger partial charge on any atom is 0.326 e. The highest BCUT2D eigenvalue weighted by Crippen LogP contribution is 2.09. The number of rotatable bonds is 16. The van der Waals surface area contributed by atoms with Crippen LogP contribution in [-0.4, -0.2) is 71.4 Å². The van der Waals surface area contributed by atoms with Gasteiger partial charge in [-0.15, -0.1) is 0 Å². The predicted molar refractivity (Wildman–Crippen MR) is 129 cm³/mol. The lowest BCUT2D eigenvalue weighted by atomic mass is 10.0. The molecule has 0 aromatic heterocycles. The van der Waals surface area contributed by atoms with Gasteiger partial charge in [-0.05, 0) is 31.1 Å². The largest absolute Gasteiger partial charge is 0.480 e. The quantitative estimate of drug-likeness (QED) is 0.0625. The highest BCUT2D eigenvalue weighted by Gasteiger charge is 2.31. The number of amides is 4. The summed E-state index contributed by atoms with van der Waals surface area (Å²) in [7, 11) is 0. The number of carboxylic acid groups (broad SMARTS) is 1. The summed E-state index contributed by atoms with van der Waals surface area (Å²) in [6.07, 6.45) is 0.237. The molecule has 0 saturated carbocycles. The molecule has 0 bridgehead atoms. The molecule has 0 fully saturated rings. The molecule has 0 spiro atoms. The summed E-state index contributed by atoms with van der Waals surface area (Å²) in [5.74, 6) is -4.81. The zero-order chi connectivity index (χ0) is 27.3. The molecule has 0 aliphatic heterocycles. The summed E-state index contributed by atoms with van der Waals surface area (Å²) in [5, 5.41) is 26.7. The Morgan fingerprint density at radius 1 is 0.886 bits per heavy atom. The fourth-order valence-electron chi connectivity index (χ4n) is 3.13. The van der Waals surface area contributed by atoms with E-state index in [0.717, 1.165) is 0 Å². The standard InChI is InChI=1S/C21H40N8O6/c1-10(2)8-14(28-17(31)12(22)9-15(23)30)19(33)27-13(6-5-7-26-21(24)25)18(32)29-16(11(3)4)20(34)35/h10-14,16H,5-9,22H2,1-4H3,(H2,23,30)(H,27,33)(H,28,31)(H,29,32)(H,34,35)(H4,24,25,26)/t12-,13-,14-,16-/m0/s1. The van der Waals surface area contributed by atoms with Gasteiger partial charge in [-0.1, -0.05) is 27.7 Å². The zero-order valence-corrected chi connectivity index (χ0v) is 20.7. The molecule has 14 nitrogen and oxygen atoms in total. The van der Waals surface area contributed by atoms with Crippen molar-refractivity contribution in [2.75, 3.05) is 6.54 Å². The van der Waals surface area contributed by atoms with Crippen molar-refractivity contribution in [3.8, 4) is 0 Å². The van der Waals surface area contributed by atoms with Crippen molar-refractivity contribution in [1.29, 1.82) is 5.41 Å². The molecule has 4 amide bonds. The summed E-state index contributed by atoms with van der Waals surface area (Å²) < 4.78 is 0. The number of aliphatic carboxylic acids is 1. The smallest absolute Gasteiger partial charge is 0.326 e. The molecule has 4 atom stereocenters. The Balaban J connectivity index is 5.59. The topological polar surface area (TPSA) is 256 Å². The molecule has 0 unspecified atom stereocenters. The first-order valence-electron chi connectivity index (χ1n) is 11.4. The number of nitrogens with one attached hydrogen (secondary N) is 5. The van der Waals surface area contributed by atoms with Gasteiger partial charge in [0.05, 0.1) is 12.5 Å². The number of carbonyl (C=O) groups excluding carboxylic acids is 4. The second-order valence-corrected chi connectivity index (χ2v) is 9.08. The van der Waals surface area contributed by atoms with Crippen LogP contribution in [0.3, 0.4) is 0 Å². The van der Waals surface area contributed by atoms with Crippen LogP contribution in [0.4, 0.5) is 0 Å². The zero-order valence-electron chi connectivity index (χ0n) is 20.7. The lowest BCUT2D eigenvalue weighted by Crippen LogP contribution is -2.58. The summed E-state index contributed by atoms with van der Waals surface area (Å²) >= 11 is 0. The summed E-state index contributed by atoms with van der Waals surface area (Å²) in [6, 6.07) is -4.60. The van der Waals surface area contributed by atoms with E-state index >= 15 is 0 Å². The molecule has 35 heavy (non-hydrogen) atoms. The minimum atomic E-state index is -1.24. The van der Waals surface area contributed by atoms with Crippen LogP contribution in [0, 0.1) is 17.2 Å². The fourth-order valence-corrected chi connectivity index (χ4v) is 3.13. The average molecular weight is 501 g/mol. The van der Waals surface area contributed by atoms with E-state index in [1.165, 1.54) is 0 Å². The SMILES string of the molecule is CC(C)C[C@H](NC(=O)[C@@H](N)CC(N)=O)C(=O)N[C@@H](CCCNC(=N)N)C(=O)N[C@H](C(=O)O)C(C)C. The first-order valence-corrected chi connectivity index (χ1v) is 11.4. The Kier molecular flexibility index (Phi) is 14.0. The van der Waals surface area contributed by atoms with Crippen LogP contribution in [0.1, 0.15) is 53.4 Å². The number of hydrogen-bond acceptors (Lipinski definition) is 7. The molecule has 12 N–H and O–H groups in total. The third kappa shape index (κ3) is 13.2. The second kappa shape index (κ2) is 15.5. The van der Waals surface area contributed by atoms with Crippen molar-refractivity contribution < 1.29 is 29.1 Å². The minimum Gasteiger partial charge on any atom is -0.480 e. The van der Waals surface area contributed by atoms with Crippen molar-refractivity contribution in [3.05, 3.63) is 0 Å². The highest BCUT2D eigenvalue weighted by atomic mass is 16.4. The van der Waals surface area contributed by atoms with Crippen molar-refractivity contribution in [3.63, 3.8) is 0 Å². The molecule has 0 saturated heterocycles. The maximum atomic E-state index is 13.0. The molecule has 0 aromatic carbocycles. The van der Waals surface area contributed by atoms with Crippen LogP contribution < -0.4 is 38.5 Å². The monoisotopic (exact) mass is 500 g/mol. The van der Waals surface area contributed by atoms with Gasteiger partial charge in [0.2, 0.25) is 23.6 Å². The van der Waals surface area contributed by atoms with Crippen LogP contribution in [0.25, 0.3) is 0 Å². The molecule has 0 rings (SSSR count). The Labute approximate surface area is 205 Å². The van der Waals surface area contributed by atoms with E-state index in [2.05, 4.69) is 21.3 Å². The van der Waals surface area contributed by atoms with Crippen molar-refractivity contribution in [2.45, 2.75) is 77.5 Å². The van der Waals surface area contributed by atoms with Gasteiger partial charge in [0.25, 0.3) is 0 Å². The lowest BCUT2D eigenvalue weighted by molar-refractivity contribution is -0.143. The van der Waals surface area contributed by atoms with E-state index in [4.69, 9.17) is 22.6 Å². The third-order valence-corrected chi connectivity index (χ3v) is 4.95. The van der Waals surface area contributed by atoms with Gasteiger partial charge in [-0.2, -0.15) is 0 Å². The number of carbonyl (C=O) groups is 5. The van der Waals surface area contributed by atoms with E-state index in [0.29, 0.717) is 6.42 Å². The van der Waals surface area contributed by atoms with E-state index in [1.807, 2.05) is 13.8 Å². The number of carboxylic acids is 1. The summed E-state index contributed by atoms with van der Waals surface area (Å²) in [5.41, 5.74) is 16.0. The van der Waals surface area contributed by atoms with E-state index in [1.54, 1.807) is 13.8 Å². The van der Waals surface area contributed by atoms with E-state index < -0.39 is 66.1 Å². The molecule has 0 aromatic rings. The fraction of sp³-hybridized carbons (Fsp3) is 0.714. The van der Waals surface area contributed by atoms with Gasteiger partial charge < -0.3 is 43.6 Å². The first-order chi connectivity index (χ1) is 16.1. The normalized spacial score (nSPS) is 14.4. The van der Waals surface area contributed by atoms with Gasteiger partial charge >= 0.3 is 5.97 Å². The number of primary amides is 1. The molecule has 200 valence electrons. The van der Waals surface area contributed by atoms with Gasteiger partial charge in [0.15, 0.2) is 5.96 Å². The van der Waals surface area contributed by atoms with Crippen LogP contribution in [-0.2, 0) is 24.0 Å². The molecule has 0 aliphatic carbocycles. The molecule has 0 radical (unpaired) electrons. The lowest BCUT2D eigenvalue weighted by Gasteiger charge is -2.26. The number of nitrogens with two attached hydrogens (primary N) is 3. The number of guanidine groups is 1. The first kappa shape index (κ1) is 31.6. The summed E-state index contributed by atoms with van der Waals surface area (Å²) in [4.78, 5) is 60.8. The van der Waals surface area contributed by atoms with Crippen LogP contribution in [0.2, 0.25) is 0 Å². The van der Waals surface area contributed by atoms with Crippen molar-refractivity contribution in [1.82, 2.24) is 21.3 Å². The molecule has 14 heteroatoms. The third-order valence-electron chi connectivity index (χ3n) is 4.95. The second-order valence-electron chi connectivity index (χ2n) is 9.08. The van der Waals surface area contributed by atoms with Gasteiger partial charge in [0, 0.05) is 6.54 Å². The predicted octanol–water partition coefficient (Wildman–Crippen LogP) is -2.31.